The Hall–Kier alpha value is -0.776. The van der Waals surface area contributed by atoms with E-state index in [-0.39, 0.29) is 5.04 Å². The van der Waals surface area contributed by atoms with E-state index in [1.807, 2.05) is 19.1 Å². The smallest absolute Gasteiger partial charge is 0.296 e. The summed E-state index contributed by atoms with van der Waals surface area (Å²) in [7, 11) is -3.95. The molecule has 0 radical (unpaired) electrons. The molecule has 0 fully saturated rings. The van der Waals surface area contributed by atoms with Gasteiger partial charge in [-0.2, -0.15) is 0 Å². The van der Waals surface area contributed by atoms with Crippen LogP contribution < -0.4 is 0 Å². The van der Waals surface area contributed by atoms with Gasteiger partial charge in [0.1, 0.15) is 0 Å². The molecule has 0 amide bonds. The summed E-state index contributed by atoms with van der Waals surface area (Å²) in [5.74, 6) is 3.72. The van der Waals surface area contributed by atoms with Crippen LogP contribution in [0, 0.1) is 0 Å². The Labute approximate surface area is 158 Å². The van der Waals surface area contributed by atoms with Crippen molar-refractivity contribution in [1.29, 1.82) is 0 Å². The molecule has 0 aliphatic heterocycles. The van der Waals surface area contributed by atoms with Crippen LogP contribution in [0.1, 0.15) is 69.2 Å². The summed E-state index contributed by atoms with van der Waals surface area (Å²) < 4.78 is 12.6. The second kappa shape index (κ2) is 9.24. The minimum atomic E-state index is -2.02. The molecule has 0 atom stereocenters. The molecular weight excluding hydrogens is 342 g/mol. The molecule has 25 heavy (non-hydrogen) atoms. The fourth-order valence-electron chi connectivity index (χ4n) is 3.14. The zero-order chi connectivity index (χ0) is 20.1. The van der Waals surface area contributed by atoms with Crippen molar-refractivity contribution in [3.8, 4) is 0 Å². The average Bonchev–Trinajstić information content (AvgIpc) is 2.40. The van der Waals surface area contributed by atoms with Gasteiger partial charge in [0.15, 0.2) is 5.76 Å². The van der Waals surface area contributed by atoms with Crippen molar-refractivity contribution >= 4 is 22.5 Å². The molecule has 0 N–H and O–H groups in total. The SMILES string of the molecule is C/C=C/C(=C=NO[Si](C(C)C)(C(C)C)C(C)C)O[Si](C)(C)C(C)(C)C. The Balaban J connectivity index is 5.74. The van der Waals surface area contributed by atoms with E-state index in [9.17, 15) is 0 Å². The highest BCUT2D eigenvalue weighted by Gasteiger charge is 2.48. The standard InChI is InChI=1S/C20H41NO2Si2/c1-13-14-19(22-24(11,12)20(8,9)10)15-21-23-25(16(2)3,17(4)5)18(6)7/h13-14,16-18H,1-12H3/b14-13+. The summed E-state index contributed by atoms with van der Waals surface area (Å²) in [6.07, 6.45) is 3.89. The van der Waals surface area contributed by atoms with Crippen molar-refractivity contribution in [1.82, 2.24) is 0 Å². The number of rotatable bonds is 8. The Morgan fingerprint density at radius 3 is 1.72 bits per heavy atom. The van der Waals surface area contributed by atoms with Crippen LogP contribution in [0.25, 0.3) is 0 Å². The normalized spacial score (nSPS) is 13.6. The van der Waals surface area contributed by atoms with Gasteiger partial charge in [-0.1, -0.05) is 73.5 Å². The third kappa shape index (κ3) is 6.16. The van der Waals surface area contributed by atoms with Crippen LogP contribution in [-0.4, -0.2) is 22.5 Å². The third-order valence-electron chi connectivity index (χ3n) is 5.56. The van der Waals surface area contributed by atoms with E-state index < -0.39 is 16.6 Å². The summed E-state index contributed by atoms with van der Waals surface area (Å²) in [5, 5.41) is 4.45. The lowest BCUT2D eigenvalue weighted by Gasteiger charge is -2.38. The first kappa shape index (κ1) is 24.2. The van der Waals surface area contributed by atoms with Gasteiger partial charge in [0.25, 0.3) is 16.6 Å². The average molecular weight is 384 g/mol. The van der Waals surface area contributed by atoms with Crippen LogP contribution in [0.4, 0.5) is 0 Å². The molecule has 0 saturated carbocycles. The molecule has 0 heterocycles. The predicted molar refractivity (Wildman–Crippen MR) is 116 cm³/mol. The maximum absolute atomic E-state index is 6.34. The lowest BCUT2D eigenvalue weighted by Crippen LogP contribution is -2.46. The second-order valence-corrected chi connectivity index (χ2v) is 19.4. The van der Waals surface area contributed by atoms with Gasteiger partial charge in [-0.25, -0.2) is 0 Å². The Morgan fingerprint density at radius 2 is 1.40 bits per heavy atom. The molecule has 0 bridgehead atoms. The summed E-state index contributed by atoms with van der Waals surface area (Å²) in [6, 6.07) is 0. The first-order valence-electron chi connectivity index (χ1n) is 9.55. The summed E-state index contributed by atoms with van der Waals surface area (Å²) in [6.45, 7) is 26.7. The quantitative estimate of drug-likeness (QED) is 0.145. The van der Waals surface area contributed by atoms with Crippen LogP contribution in [0.2, 0.25) is 34.8 Å². The minimum Gasteiger partial charge on any atom is -0.537 e. The summed E-state index contributed by atoms with van der Waals surface area (Å²) >= 11 is 0. The topological polar surface area (TPSA) is 30.8 Å². The van der Waals surface area contributed by atoms with Crippen molar-refractivity contribution in [2.75, 3.05) is 0 Å². The van der Waals surface area contributed by atoms with E-state index in [2.05, 4.69) is 86.4 Å². The number of hydrogen-bond donors (Lipinski definition) is 0. The monoisotopic (exact) mass is 383 g/mol. The maximum atomic E-state index is 6.34. The predicted octanol–water partition coefficient (Wildman–Crippen LogP) is 7.25. The highest BCUT2D eigenvalue weighted by molar-refractivity contribution is 6.77. The Bertz CT molecular complexity index is 487. The highest BCUT2D eigenvalue weighted by atomic mass is 28.4. The van der Waals surface area contributed by atoms with E-state index in [1.54, 1.807) is 0 Å². The van der Waals surface area contributed by atoms with Crippen molar-refractivity contribution in [3.05, 3.63) is 17.9 Å². The molecule has 0 aliphatic carbocycles. The van der Waals surface area contributed by atoms with Crippen molar-refractivity contribution in [2.24, 2.45) is 5.16 Å². The van der Waals surface area contributed by atoms with Crippen molar-refractivity contribution in [3.63, 3.8) is 0 Å². The van der Waals surface area contributed by atoms with Crippen molar-refractivity contribution in [2.45, 2.75) is 104 Å². The first-order valence-corrected chi connectivity index (χ1v) is 14.6. The van der Waals surface area contributed by atoms with Crippen molar-refractivity contribution < 1.29 is 8.95 Å². The molecule has 0 aromatic heterocycles. The van der Waals surface area contributed by atoms with E-state index in [0.717, 1.165) is 0 Å². The van der Waals surface area contributed by atoms with E-state index in [0.29, 0.717) is 22.4 Å². The fourth-order valence-corrected chi connectivity index (χ4v) is 8.94. The molecule has 0 spiro atoms. The lowest BCUT2D eigenvalue weighted by molar-refractivity contribution is 0.298. The molecule has 146 valence electrons. The van der Waals surface area contributed by atoms with Crippen LogP contribution in [0.5, 0.6) is 0 Å². The Kier molecular flexibility index (Phi) is 8.96. The molecule has 3 nitrogen and oxygen atoms in total. The van der Waals surface area contributed by atoms with E-state index >= 15 is 0 Å². The van der Waals surface area contributed by atoms with Gasteiger partial charge < -0.3 is 8.95 Å². The number of nitrogens with zero attached hydrogens (tertiary/aromatic N) is 1. The van der Waals surface area contributed by atoms with E-state index in [4.69, 9.17) is 8.95 Å². The zero-order valence-electron chi connectivity index (χ0n) is 18.7. The maximum Gasteiger partial charge on any atom is 0.296 e. The van der Waals surface area contributed by atoms with Gasteiger partial charge in [-0.3, -0.25) is 0 Å². The summed E-state index contributed by atoms with van der Waals surface area (Å²) in [4.78, 5) is 0. The molecular formula is C20H41NO2Si2. The minimum absolute atomic E-state index is 0.134. The van der Waals surface area contributed by atoms with Gasteiger partial charge in [0.2, 0.25) is 0 Å². The molecule has 0 unspecified atom stereocenters. The molecule has 0 aromatic carbocycles. The van der Waals surface area contributed by atoms with Gasteiger partial charge in [-0.15, -0.1) is 0 Å². The lowest BCUT2D eigenvalue weighted by atomic mass is 10.2. The highest BCUT2D eigenvalue weighted by Crippen LogP contribution is 2.42. The van der Waals surface area contributed by atoms with Crippen LogP contribution in [0.15, 0.2) is 23.1 Å². The molecule has 0 rings (SSSR count). The molecule has 5 heteroatoms. The zero-order valence-corrected chi connectivity index (χ0v) is 20.7. The van der Waals surface area contributed by atoms with Crippen LogP contribution in [0.3, 0.4) is 0 Å². The summed E-state index contributed by atoms with van der Waals surface area (Å²) in [5.41, 5.74) is 1.47. The van der Waals surface area contributed by atoms with Crippen LogP contribution >= 0.6 is 0 Å². The van der Waals surface area contributed by atoms with Gasteiger partial charge in [0, 0.05) is 0 Å². The number of allylic oxidation sites excluding steroid dienone is 2. The number of hydrogen-bond acceptors (Lipinski definition) is 3. The molecule has 0 aromatic rings. The van der Waals surface area contributed by atoms with Gasteiger partial charge in [0.05, 0.1) is 5.87 Å². The third-order valence-corrected chi connectivity index (χ3v) is 15.7. The fraction of sp³-hybridized carbons (Fsp3) is 0.800. The second-order valence-electron chi connectivity index (χ2n) is 9.34. The van der Waals surface area contributed by atoms with Gasteiger partial charge >= 0.3 is 0 Å². The molecule has 0 aliphatic rings. The molecule has 0 saturated heterocycles. The Morgan fingerprint density at radius 1 is 0.960 bits per heavy atom. The van der Waals surface area contributed by atoms with Crippen LogP contribution in [-0.2, 0) is 8.95 Å². The first-order chi connectivity index (χ1) is 11.2. The largest absolute Gasteiger partial charge is 0.537 e. The van der Waals surface area contributed by atoms with Gasteiger partial charge in [-0.05, 0) is 47.8 Å². The van der Waals surface area contributed by atoms with E-state index in [1.165, 1.54) is 0 Å².